The highest BCUT2D eigenvalue weighted by Crippen LogP contribution is 2.30. The molecule has 10 heteroatoms. The normalized spacial score (nSPS) is 14.0. The topological polar surface area (TPSA) is 77.5 Å². The number of likely N-dealkylation sites (tertiary alicyclic amines) is 1. The maximum absolute atomic E-state index is 13.0. The van der Waals surface area contributed by atoms with Crippen LogP contribution in [0.15, 0.2) is 36.4 Å². The fourth-order valence-corrected chi connectivity index (χ4v) is 4.11. The number of piperidine rings is 1. The van der Waals surface area contributed by atoms with Gasteiger partial charge in [0.25, 0.3) is 5.91 Å². The summed E-state index contributed by atoms with van der Waals surface area (Å²) in [6.45, 7) is -1.76. The van der Waals surface area contributed by atoms with E-state index in [1.807, 2.05) is 0 Å². The lowest BCUT2D eigenvalue weighted by Gasteiger charge is -2.33. The van der Waals surface area contributed by atoms with E-state index in [1.54, 1.807) is 47.2 Å². The largest absolute Gasteiger partial charge is 0.497 e. The number of amides is 2. The van der Waals surface area contributed by atoms with Crippen molar-refractivity contribution in [3.8, 4) is 23.0 Å². The van der Waals surface area contributed by atoms with Crippen LogP contribution in [0.5, 0.6) is 23.0 Å². The van der Waals surface area contributed by atoms with Crippen LogP contribution >= 0.6 is 0 Å². The number of rotatable bonds is 9. The van der Waals surface area contributed by atoms with Crippen LogP contribution in [-0.2, 0) is 11.3 Å². The van der Waals surface area contributed by atoms with Gasteiger partial charge >= 0.3 is 6.61 Å². The summed E-state index contributed by atoms with van der Waals surface area (Å²) in [4.78, 5) is 29.3. The lowest BCUT2D eigenvalue weighted by Crippen LogP contribution is -2.43. The van der Waals surface area contributed by atoms with Gasteiger partial charge in [0.2, 0.25) is 5.91 Å². The van der Waals surface area contributed by atoms with Crippen molar-refractivity contribution in [3.63, 3.8) is 0 Å². The summed E-state index contributed by atoms with van der Waals surface area (Å²) in [7, 11) is 6.11. The Kier molecular flexibility index (Phi) is 8.73. The Bertz CT molecular complexity index is 1020. The van der Waals surface area contributed by atoms with E-state index in [2.05, 4.69) is 4.74 Å². The molecule has 0 unspecified atom stereocenters. The Morgan fingerprint density at radius 2 is 1.60 bits per heavy atom. The number of carbonyl (C=O) groups excluding carboxylic acids is 2. The van der Waals surface area contributed by atoms with Crippen molar-refractivity contribution in [2.75, 3.05) is 41.5 Å². The maximum atomic E-state index is 13.0. The van der Waals surface area contributed by atoms with Crippen LogP contribution < -0.4 is 18.9 Å². The smallest absolute Gasteiger partial charge is 0.387 e. The van der Waals surface area contributed by atoms with Crippen LogP contribution in [-0.4, -0.2) is 69.7 Å². The molecule has 0 saturated carbocycles. The van der Waals surface area contributed by atoms with Crippen molar-refractivity contribution in [2.45, 2.75) is 26.0 Å². The molecular formula is C25H30F2N2O6. The third-order valence-electron chi connectivity index (χ3n) is 5.97. The van der Waals surface area contributed by atoms with Gasteiger partial charge in [-0.3, -0.25) is 9.59 Å². The first-order chi connectivity index (χ1) is 16.7. The van der Waals surface area contributed by atoms with Gasteiger partial charge in [-0.05, 0) is 42.7 Å². The summed E-state index contributed by atoms with van der Waals surface area (Å²) < 4.78 is 45.1. The molecule has 1 heterocycles. The molecule has 0 spiro atoms. The highest BCUT2D eigenvalue weighted by atomic mass is 19.3. The van der Waals surface area contributed by atoms with Gasteiger partial charge in [0, 0.05) is 44.2 Å². The first-order valence-corrected chi connectivity index (χ1v) is 11.1. The molecule has 190 valence electrons. The number of hydrogen-bond acceptors (Lipinski definition) is 6. The predicted octanol–water partition coefficient (Wildman–Crippen LogP) is 3.82. The molecule has 3 rings (SSSR count). The number of carbonyl (C=O) groups is 2. The minimum Gasteiger partial charge on any atom is -0.497 e. The number of hydrogen-bond donors (Lipinski definition) is 0. The third kappa shape index (κ3) is 6.52. The molecule has 1 aliphatic rings. The standard InChI is InChI=1S/C25H30F2N2O6/c1-28(15-16-5-6-21(35-25(26)27)22(11-16)34-4)23(30)17-7-9-29(10-8-17)24(31)18-12-19(32-2)14-20(13-18)33-3/h5-6,11-14,17,25H,7-10,15H2,1-4H3. The summed E-state index contributed by atoms with van der Waals surface area (Å²) in [5.74, 6) is 0.782. The van der Waals surface area contributed by atoms with Crippen molar-refractivity contribution in [2.24, 2.45) is 5.92 Å². The summed E-state index contributed by atoms with van der Waals surface area (Å²) in [6.07, 6.45) is 1.08. The van der Waals surface area contributed by atoms with E-state index in [1.165, 1.54) is 27.4 Å². The zero-order valence-corrected chi connectivity index (χ0v) is 20.3. The molecule has 35 heavy (non-hydrogen) atoms. The van der Waals surface area contributed by atoms with Crippen molar-refractivity contribution < 1.29 is 37.3 Å². The Morgan fingerprint density at radius 3 is 2.14 bits per heavy atom. The summed E-state index contributed by atoms with van der Waals surface area (Å²) >= 11 is 0. The van der Waals surface area contributed by atoms with Crippen LogP contribution in [0.1, 0.15) is 28.8 Å². The van der Waals surface area contributed by atoms with Crippen LogP contribution in [0.2, 0.25) is 0 Å². The molecule has 0 aromatic heterocycles. The zero-order chi connectivity index (χ0) is 25.5. The number of ether oxygens (including phenoxy) is 4. The van der Waals surface area contributed by atoms with E-state index in [-0.39, 0.29) is 35.8 Å². The molecule has 0 radical (unpaired) electrons. The molecular weight excluding hydrogens is 462 g/mol. The first-order valence-electron chi connectivity index (χ1n) is 11.1. The van der Waals surface area contributed by atoms with Gasteiger partial charge in [0.1, 0.15) is 11.5 Å². The van der Waals surface area contributed by atoms with Gasteiger partial charge in [0.15, 0.2) is 11.5 Å². The van der Waals surface area contributed by atoms with E-state index in [0.717, 1.165) is 5.56 Å². The fourth-order valence-electron chi connectivity index (χ4n) is 4.11. The Labute approximate surface area is 203 Å². The molecule has 2 amide bonds. The molecule has 1 saturated heterocycles. The van der Waals surface area contributed by atoms with Crippen molar-refractivity contribution in [1.82, 2.24) is 9.80 Å². The minimum absolute atomic E-state index is 0.0352. The summed E-state index contributed by atoms with van der Waals surface area (Å²) in [5.41, 5.74) is 1.19. The highest BCUT2D eigenvalue weighted by Gasteiger charge is 2.30. The molecule has 0 bridgehead atoms. The highest BCUT2D eigenvalue weighted by molar-refractivity contribution is 5.95. The van der Waals surface area contributed by atoms with Gasteiger partial charge in [-0.15, -0.1) is 0 Å². The first kappa shape index (κ1) is 26.1. The monoisotopic (exact) mass is 492 g/mol. The molecule has 1 aliphatic heterocycles. The third-order valence-corrected chi connectivity index (χ3v) is 5.97. The lowest BCUT2D eigenvalue weighted by atomic mass is 9.94. The second kappa shape index (κ2) is 11.7. The minimum atomic E-state index is -2.96. The van der Waals surface area contributed by atoms with Crippen molar-refractivity contribution in [1.29, 1.82) is 0 Å². The maximum Gasteiger partial charge on any atom is 0.387 e. The fraction of sp³-hybridized carbons (Fsp3) is 0.440. The number of halogens is 2. The van der Waals surface area contributed by atoms with Crippen LogP contribution in [0.25, 0.3) is 0 Å². The zero-order valence-electron chi connectivity index (χ0n) is 20.3. The average Bonchev–Trinajstić information content (AvgIpc) is 2.87. The second-order valence-electron chi connectivity index (χ2n) is 8.23. The Hall–Kier alpha value is -3.56. The van der Waals surface area contributed by atoms with Crippen LogP contribution in [0.4, 0.5) is 8.78 Å². The molecule has 1 fully saturated rings. The molecule has 2 aromatic carbocycles. The van der Waals surface area contributed by atoms with Crippen LogP contribution in [0, 0.1) is 5.92 Å². The number of methoxy groups -OCH3 is 3. The predicted molar refractivity (Wildman–Crippen MR) is 124 cm³/mol. The van der Waals surface area contributed by atoms with Crippen molar-refractivity contribution in [3.05, 3.63) is 47.5 Å². The van der Waals surface area contributed by atoms with Gasteiger partial charge in [-0.2, -0.15) is 8.78 Å². The number of nitrogens with zero attached hydrogens (tertiary/aromatic N) is 2. The van der Waals surface area contributed by atoms with Gasteiger partial charge < -0.3 is 28.7 Å². The average molecular weight is 493 g/mol. The molecule has 0 N–H and O–H groups in total. The Morgan fingerprint density at radius 1 is 0.971 bits per heavy atom. The van der Waals surface area contributed by atoms with E-state index >= 15 is 0 Å². The summed E-state index contributed by atoms with van der Waals surface area (Å²) in [6, 6.07) is 9.63. The van der Waals surface area contributed by atoms with Crippen LogP contribution in [0.3, 0.4) is 0 Å². The Balaban J connectivity index is 1.58. The van der Waals surface area contributed by atoms with Gasteiger partial charge in [0.05, 0.1) is 21.3 Å². The number of alkyl halides is 2. The molecule has 8 nitrogen and oxygen atoms in total. The van der Waals surface area contributed by atoms with E-state index in [0.29, 0.717) is 43.0 Å². The lowest BCUT2D eigenvalue weighted by molar-refractivity contribution is -0.136. The quantitative estimate of drug-likeness (QED) is 0.530. The van der Waals surface area contributed by atoms with Gasteiger partial charge in [-0.1, -0.05) is 6.07 Å². The second-order valence-corrected chi connectivity index (χ2v) is 8.23. The van der Waals surface area contributed by atoms with E-state index < -0.39 is 6.61 Å². The molecule has 0 atom stereocenters. The number of benzene rings is 2. The SMILES string of the molecule is COc1cc(OC)cc(C(=O)N2CCC(C(=O)N(C)Cc3ccc(OC(F)F)c(OC)c3)CC2)c1. The van der Waals surface area contributed by atoms with Gasteiger partial charge in [-0.25, -0.2) is 0 Å². The molecule has 0 aliphatic carbocycles. The van der Waals surface area contributed by atoms with E-state index in [4.69, 9.17) is 14.2 Å². The summed E-state index contributed by atoms with van der Waals surface area (Å²) in [5, 5.41) is 0. The molecule has 2 aromatic rings. The van der Waals surface area contributed by atoms with Crippen molar-refractivity contribution >= 4 is 11.8 Å². The van der Waals surface area contributed by atoms with E-state index in [9.17, 15) is 18.4 Å².